The van der Waals surface area contributed by atoms with Crippen molar-refractivity contribution in [1.82, 2.24) is 9.97 Å². The first-order valence-corrected chi connectivity index (χ1v) is 7.51. The van der Waals surface area contributed by atoms with Crippen molar-refractivity contribution in [3.63, 3.8) is 0 Å². The van der Waals surface area contributed by atoms with Crippen LogP contribution in [0.4, 0.5) is 5.82 Å². The first kappa shape index (κ1) is 16.2. The van der Waals surface area contributed by atoms with E-state index in [2.05, 4.69) is 22.2 Å². The summed E-state index contributed by atoms with van der Waals surface area (Å²) in [6.45, 7) is 4.26. The van der Waals surface area contributed by atoms with E-state index < -0.39 is 0 Å². The van der Waals surface area contributed by atoms with Gasteiger partial charge in [0.2, 0.25) is 0 Å². The minimum Gasteiger partial charge on any atom is -0.385 e. The number of nitrogens with one attached hydrogen (secondary N) is 1. The number of hydrogen-bond acceptors (Lipinski definition) is 6. The van der Waals surface area contributed by atoms with Crippen molar-refractivity contribution in [2.45, 2.75) is 31.4 Å². The second-order valence-electron chi connectivity index (χ2n) is 4.06. The van der Waals surface area contributed by atoms with Gasteiger partial charge in [-0.2, -0.15) is 0 Å². The van der Waals surface area contributed by atoms with Gasteiger partial charge in [0.1, 0.15) is 17.5 Å². The zero-order valence-corrected chi connectivity index (χ0v) is 12.8. The number of aromatic nitrogens is 2. The van der Waals surface area contributed by atoms with Crippen molar-refractivity contribution < 1.29 is 9.47 Å². The van der Waals surface area contributed by atoms with Crippen LogP contribution in [0, 0.1) is 0 Å². The average Bonchev–Trinajstić information content (AvgIpc) is 2.42. The molecule has 1 heterocycles. The van der Waals surface area contributed by atoms with E-state index in [1.807, 2.05) is 6.07 Å². The summed E-state index contributed by atoms with van der Waals surface area (Å²) in [4.78, 5) is 8.89. The van der Waals surface area contributed by atoms with Gasteiger partial charge in [0.15, 0.2) is 5.82 Å². The Bertz CT molecular complexity index is 364. The third-order valence-electron chi connectivity index (χ3n) is 2.32. The van der Waals surface area contributed by atoms with Gasteiger partial charge >= 0.3 is 0 Å². The van der Waals surface area contributed by atoms with Crippen LogP contribution in [0.1, 0.15) is 25.6 Å². The number of nitrogens with zero attached hydrogens (tertiary/aromatic N) is 2. The van der Waals surface area contributed by atoms with Gasteiger partial charge in [-0.3, -0.25) is 0 Å². The molecule has 1 aromatic heterocycles. The molecule has 0 aromatic carbocycles. The highest BCUT2D eigenvalue weighted by atomic mass is 32.2. The molecule has 19 heavy (non-hydrogen) atoms. The molecule has 0 saturated heterocycles. The highest BCUT2D eigenvalue weighted by Crippen LogP contribution is 2.19. The Hall–Kier alpha value is -0.850. The van der Waals surface area contributed by atoms with Gasteiger partial charge in [-0.1, -0.05) is 6.92 Å². The van der Waals surface area contributed by atoms with Crippen LogP contribution in [-0.4, -0.2) is 43.1 Å². The molecule has 1 N–H and O–H groups in total. The summed E-state index contributed by atoms with van der Waals surface area (Å²) in [5, 5.41) is 4.27. The molecule has 0 saturated carbocycles. The molecule has 0 fully saturated rings. The number of ether oxygens (including phenoxy) is 2. The first-order chi connectivity index (χ1) is 9.30. The van der Waals surface area contributed by atoms with Crippen LogP contribution in [-0.2, 0) is 16.1 Å². The third-order valence-corrected chi connectivity index (χ3v) is 3.32. The molecule has 0 spiro atoms. The number of anilines is 1. The zero-order chi connectivity index (χ0) is 13.9. The van der Waals surface area contributed by atoms with E-state index in [-0.39, 0.29) is 0 Å². The molecule has 6 heteroatoms. The predicted octanol–water partition coefficient (Wildman–Crippen LogP) is 2.57. The number of thioether (sulfide) groups is 1. The van der Waals surface area contributed by atoms with Gasteiger partial charge in [-0.05, 0) is 12.8 Å². The Morgan fingerprint density at radius 1 is 1.26 bits per heavy atom. The third kappa shape index (κ3) is 6.75. The van der Waals surface area contributed by atoms with Crippen LogP contribution in [0.25, 0.3) is 0 Å². The average molecular weight is 285 g/mol. The molecule has 0 atom stereocenters. The minimum atomic E-state index is 0.438. The molecule has 108 valence electrons. The molecule has 1 rings (SSSR count). The molecule has 0 radical (unpaired) electrons. The second kappa shape index (κ2) is 10.00. The lowest BCUT2D eigenvalue weighted by Crippen LogP contribution is -2.06. The van der Waals surface area contributed by atoms with Crippen molar-refractivity contribution in [3.05, 3.63) is 11.9 Å². The maximum atomic E-state index is 5.10. The molecule has 0 aliphatic carbocycles. The summed E-state index contributed by atoms with van der Waals surface area (Å²) in [5.74, 6) is 2.58. The predicted molar refractivity (Wildman–Crippen MR) is 78.7 cm³/mol. The fourth-order valence-corrected chi connectivity index (χ4v) is 2.30. The Labute approximate surface area is 119 Å². The Kier molecular flexibility index (Phi) is 8.53. The lowest BCUT2D eigenvalue weighted by molar-refractivity contribution is 0.177. The van der Waals surface area contributed by atoms with Crippen molar-refractivity contribution in [1.29, 1.82) is 0 Å². The topological polar surface area (TPSA) is 56.3 Å². The largest absolute Gasteiger partial charge is 0.385 e. The van der Waals surface area contributed by atoms with Crippen LogP contribution >= 0.6 is 11.8 Å². The molecule has 0 aliphatic heterocycles. The van der Waals surface area contributed by atoms with Gasteiger partial charge in [-0.25, -0.2) is 9.97 Å². The van der Waals surface area contributed by atoms with Crippen LogP contribution in [0.2, 0.25) is 0 Å². The maximum absolute atomic E-state index is 5.10. The summed E-state index contributed by atoms with van der Waals surface area (Å²) >= 11 is 1.72. The monoisotopic (exact) mass is 285 g/mol. The summed E-state index contributed by atoms with van der Waals surface area (Å²) in [7, 11) is 3.37. The minimum absolute atomic E-state index is 0.438. The SMILES string of the molecule is CCCNc1cc(SCCCOC)nc(COC)n1. The van der Waals surface area contributed by atoms with E-state index in [9.17, 15) is 0 Å². The normalized spacial score (nSPS) is 10.7. The van der Waals surface area contributed by atoms with Crippen molar-refractivity contribution in [2.75, 3.05) is 38.4 Å². The first-order valence-electron chi connectivity index (χ1n) is 6.52. The van der Waals surface area contributed by atoms with Gasteiger partial charge in [0.05, 0.1) is 0 Å². The zero-order valence-electron chi connectivity index (χ0n) is 11.9. The molecular formula is C13H23N3O2S. The maximum Gasteiger partial charge on any atom is 0.157 e. The van der Waals surface area contributed by atoms with E-state index in [4.69, 9.17) is 9.47 Å². The molecular weight excluding hydrogens is 262 g/mol. The fourth-order valence-electron chi connectivity index (χ4n) is 1.46. The Morgan fingerprint density at radius 3 is 2.79 bits per heavy atom. The number of rotatable bonds is 10. The summed E-state index contributed by atoms with van der Waals surface area (Å²) in [5.41, 5.74) is 0. The quantitative estimate of drug-likeness (QED) is 0.405. The van der Waals surface area contributed by atoms with E-state index in [0.717, 1.165) is 48.4 Å². The lowest BCUT2D eigenvalue weighted by atomic mass is 10.4. The number of methoxy groups -OCH3 is 2. The Morgan fingerprint density at radius 2 is 2.11 bits per heavy atom. The van der Waals surface area contributed by atoms with E-state index in [1.165, 1.54) is 0 Å². The molecule has 0 unspecified atom stereocenters. The molecule has 0 bridgehead atoms. The van der Waals surface area contributed by atoms with Crippen LogP contribution in [0.5, 0.6) is 0 Å². The molecule has 1 aromatic rings. The molecule has 0 amide bonds. The van der Waals surface area contributed by atoms with Gasteiger partial charge in [0.25, 0.3) is 0 Å². The van der Waals surface area contributed by atoms with E-state index in [1.54, 1.807) is 26.0 Å². The van der Waals surface area contributed by atoms with Crippen LogP contribution in [0.3, 0.4) is 0 Å². The lowest BCUT2D eigenvalue weighted by Gasteiger charge is -2.09. The highest BCUT2D eigenvalue weighted by molar-refractivity contribution is 7.99. The molecule has 0 aliphatic rings. The summed E-state index contributed by atoms with van der Waals surface area (Å²) in [6, 6.07) is 1.99. The molecule has 5 nitrogen and oxygen atoms in total. The Balaban J connectivity index is 2.63. The van der Waals surface area contributed by atoms with E-state index >= 15 is 0 Å². The summed E-state index contributed by atoms with van der Waals surface area (Å²) < 4.78 is 10.1. The van der Waals surface area contributed by atoms with Crippen LogP contribution in [0.15, 0.2) is 11.1 Å². The van der Waals surface area contributed by atoms with Gasteiger partial charge in [0, 0.05) is 39.2 Å². The second-order valence-corrected chi connectivity index (χ2v) is 5.18. The number of hydrogen-bond donors (Lipinski definition) is 1. The van der Waals surface area contributed by atoms with Crippen LogP contribution < -0.4 is 5.32 Å². The standard InChI is InChI=1S/C13H23N3O2S/c1-4-6-14-11-9-13(19-8-5-7-17-2)16-12(15-11)10-18-3/h9H,4-8,10H2,1-3H3,(H,14,15,16). The van der Waals surface area contributed by atoms with Crippen molar-refractivity contribution in [2.24, 2.45) is 0 Å². The van der Waals surface area contributed by atoms with Gasteiger partial charge < -0.3 is 14.8 Å². The summed E-state index contributed by atoms with van der Waals surface area (Å²) in [6.07, 6.45) is 2.09. The van der Waals surface area contributed by atoms with Crippen molar-refractivity contribution in [3.8, 4) is 0 Å². The van der Waals surface area contributed by atoms with Crippen molar-refractivity contribution >= 4 is 17.6 Å². The fraction of sp³-hybridized carbons (Fsp3) is 0.692. The van der Waals surface area contributed by atoms with E-state index in [0.29, 0.717) is 6.61 Å². The van der Waals surface area contributed by atoms with Gasteiger partial charge in [-0.15, -0.1) is 11.8 Å². The smallest absolute Gasteiger partial charge is 0.157 e. The highest BCUT2D eigenvalue weighted by Gasteiger charge is 2.05.